The number of nitrogens with zero attached hydrogens (tertiary/aromatic N) is 2. The molecular formula is C34H43N2+. The first-order valence-electron chi connectivity index (χ1n) is 14.0. The third-order valence-electron chi connectivity index (χ3n) is 7.29. The lowest BCUT2D eigenvalue weighted by Crippen LogP contribution is -2.39. The van der Waals surface area contributed by atoms with Gasteiger partial charge in [0.05, 0.1) is 13.0 Å². The zero-order chi connectivity index (χ0) is 25.0. The lowest BCUT2D eigenvalue weighted by Gasteiger charge is -2.11. The minimum Gasteiger partial charge on any atom is -0.233 e. The van der Waals surface area contributed by atoms with Gasteiger partial charge in [-0.2, -0.15) is 4.57 Å². The van der Waals surface area contributed by atoms with Gasteiger partial charge < -0.3 is 0 Å². The third-order valence-corrected chi connectivity index (χ3v) is 7.29. The summed E-state index contributed by atoms with van der Waals surface area (Å²) in [6.07, 6.45) is 13.8. The number of aromatic nitrogens is 2. The third kappa shape index (κ3) is 7.20. The van der Waals surface area contributed by atoms with Crippen molar-refractivity contribution in [3.05, 3.63) is 120 Å². The topological polar surface area (TPSA) is 8.81 Å². The lowest BCUT2D eigenvalue weighted by molar-refractivity contribution is -0.612. The molecule has 0 saturated heterocycles. The Hall–Kier alpha value is -3.13. The number of hydrogen-bond acceptors (Lipinski definition) is 0. The molecule has 0 saturated carbocycles. The highest BCUT2D eigenvalue weighted by Gasteiger charge is 2.26. The van der Waals surface area contributed by atoms with E-state index >= 15 is 0 Å². The molecule has 0 fully saturated rings. The molecular weight excluding hydrogens is 436 g/mol. The zero-order valence-corrected chi connectivity index (χ0v) is 22.3. The molecule has 0 amide bonds. The van der Waals surface area contributed by atoms with Crippen LogP contribution in [0.1, 0.15) is 87.4 Å². The highest BCUT2D eigenvalue weighted by molar-refractivity contribution is 5.26. The van der Waals surface area contributed by atoms with Gasteiger partial charge in [-0.25, -0.2) is 4.57 Å². The molecule has 0 N–H and O–H groups in total. The SMILES string of the molecule is CCCCCCCCCn1cc(CC(C)c2ccccc2)[n+](-c2ccccc2)c1Cc1ccccc1. The lowest BCUT2D eigenvalue weighted by atomic mass is 9.96. The number of para-hydroxylation sites is 1. The van der Waals surface area contributed by atoms with Gasteiger partial charge in [-0.3, -0.25) is 0 Å². The average Bonchev–Trinajstić information content (AvgIpc) is 3.25. The second-order valence-corrected chi connectivity index (χ2v) is 10.2. The molecule has 1 atom stereocenters. The Labute approximate surface area is 218 Å². The molecule has 0 aliphatic rings. The molecule has 2 heteroatoms. The summed E-state index contributed by atoms with van der Waals surface area (Å²) in [6, 6.07) is 32.8. The first-order chi connectivity index (χ1) is 17.8. The van der Waals surface area contributed by atoms with E-state index in [1.165, 1.54) is 73.3 Å². The molecule has 188 valence electrons. The summed E-state index contributed by atoms with van der Waals surface area (Å²) in [5.41, 5.74) is 5.42. The van der Waals surface area contributed by atoms with Crippen LogP contribution in [0.2, 0.25) is 0 Å². The van der Waals surface area contributed by atoms with Gasteiger partial charge >= 0.3 is 0 Å². The van der Waals surface area contributed by atoms with Crippen molar-refractivity contribution in [1.82, 2.24) is 4.57 Å². The van der Waals surface area contributed by atoms with Crippen molar-refractivity contribution < 1.29 is 4.57 Å². The normalized spacial score (nSPS) is 12.1. The molecule has 36 heavy (non-hydrogen) atoms. The first-order valence-corrected chi connectivity index (χ1v) is 14.0. The molecule has 0 spiro atoms. The number of unbranched alkanes of at least 4 members (excludes halogenated alkanes) is 6. The molecule has 4 aromatic rings. The van der Waals surface area contributed by atoms with E-state index in [0.29, 0.717) is 5.92 Å². The van der Waals surface area contributed by atoms with Crippen LogP contribution in [0.4, 0.5) is 0 Å². The van der Waals surface area contributed by atoms with E-state index in [4.69, 9.17) is 0 Å². The summed E-state index contributed by atoms with van der Waals surface area (Å²) in [5, 5.41) is 0. The molecule has 0 bridgehead atoms. The maximum absolute atomic E-state index is 2.55. The highest BCUT2D eigenvalue weighted by atomic mass is 15.2. The summed E-state index contributed by atoms with van der Waals surface area (Å²) in [7, 11) is 0. The van der Waals surface area contributed by atoms with Gasteiger partial charge in [0, 0.05) is 6.42 Å². The van der Waals surface area contributed by atoms with Gasteiger partial charge in [0.15, 0.2) is 0 Å². The van der Waals surface area contributed by atoms with Gasteiger partial charge in [-0.15, -0.1) is 0 Å². The summed E-state index contributed by atoms with van der Waals surface area (Å²) in [6.45, 7) is 5.73. The predicted molar refractivity (Wildman–Crippen MR) is 152 cm³/mol. The molecule has 0 radical (unpaired) electrons. The monoisotopic (exact) mass is 479 g/mol. The maximum Gasteiger partial charge on any atom is 0.266 e. The maximum atomic E-state index is 2.55. The Morgan fingerprint density at radius 2 is 1.28 bits per heavy atom. The minimum atomic E-state index is 0.458. The van der Waals surface area contributed by atoms with E-state index in [2.05, 4.69) is 120 Å². The molecule has 0 aliphatic heterocycles. The zero-order valence-electron chi connectivity index (χ0n) is 22.3. The first kappa shape index (κ1) is 25.9. The number of benzene rings is 3. The molecule has 3 aromatic carbocycles. The van der Waals surface area contributed by atoms with Gasteiger partial charge in [-0.1, -0.05) is 125 Å². The van der Waals surface area contributed by atoms with Gasteiger partial charge in [-0.05, 0) is 42.0 Å². The van der Waals surface area contributed by atoms with Gasteiger partial charge in [0.25, 0.3) is 5.82 Å². The Bertz CT molecular complexity index is 1150. The Morgan fingerprint density at radius 1 is 0.694 bits per heavy atom. The Kier molecular flexibility index (Phi) is 9.96. The molecule has 4 rings (SSSR count). The van der Waals surface area contributed by atoms with Crippen LogP contribution in [0.3, 0.4) is 0 Å². The van der Waals surface area contributed by atoms with Crippen LogP contribution >= 0.6 is 0 Å². The van der Waals surface area contributed by atoms with Gasteiger partial charge in [0.2, 0.25) is 0 Å². The number of rotatable bonds is 14. The summed E-state index contributed by atoms with van der Waals surface area (Å²) < 4.78 is 5.09. The largest absolute Gasteiger partial charge is 0.266 e. The van der Waals surface area contributed by atoms with E-state index < -0.39 is 0 Å². The van der Waals surface area contributed by atoms with Crippen molar-refractivity contribution in [2.24, 2.45) is 0 Å². The van der Waals surface area contributed by atoms with E-state index in [9.17, 15) is 0 Å². The van der Waals surface area contributed by atoms with E-state index in [0.717, 1.165) is 19.4 Å². The fraction of sp³-hybridized carbons (Fsp3) is 0.382. The summed E-state index contributed by atoms with van der Waals surface area (Å²) in [4.78, 5) is 0. The molecule has 1 aromatic heterocycles. The fourth-order valence-corrected chi connectivity index (χ4v) is 5.25. The van der Waals surface area contributed by atoms with Crippen molar-refractivity contribution in [1.29, 1.82) is 0 Å². The smallest absolute Gasteiger partial charge is 0.233 e. The number of imidazole rings is 1. The molecule has 1 heterocycles. The number of hydrogen-bond donors (Lipinski definition) is 0. The van der Waals surface area contributed by atoms with E-state index in [1.54, 1.807) is 0 Å². The Balaban J connectivity index is 1.64. The quantitative estimate of drug-likeness (QED) is 0.127. The summed E-state index contributed by atoms with van der Waals surface area (Å²) in [5.74, 6) is 1.84. The standard InChI is InChI=1S/C34H43N2/c1-3-4-5-6-7-8-18-25-35-28-33(26-29(2)31-21-14-10-15-22-31)36(32-23-16-11-17-24-32)34(35)27-30-19-12-9-13-20-30/h9-17,19-24,28-29H,3-8,18,25-27H2,1-2H3/q+1. The van der Waals surface area contributed by atoms with Crippen molar-refractivity contribution in [2.45, 2.75) is 84.1 Å². The van der Waals surface area contributed by atoms with Crippen LogP contribution in [-0.2, 0) is 19.4 Å². The van der Waals surface area contributed by atoms with E-state index in [1.807, 2.05) is 0 Å². The highest BCUT2D eigenvalue weighted by Crippen LogP contribution is 2.22. The fourth-order valence-electron chi connectivity index (χ4n) is 5.25. The molecule has 0 aliphatic carbocycles. The van der Waals surface area contributed by atoms with Crippen LogP contribution in [0, 0.1) is 0 Å². The second kappa shape index (κ2) is 13.8. The number of aryl methyl sites for hydroxylation is 1. The molecule has 1 unspecified atom stereocenters. The minimum absolute atomic E-state index is 0.458. The van der Waals surface area contributed by atoms with Crippen molar-refractivity contribution >= 4 is 0 Å². The van der Waals surface area contributed by atoms with Crippen molar-refractivity contribution in [3.63, 3.8) is 0 Å². The van der Waals surface area contributed by atoms with Crippen LogP contribution in [0.25, 0.3) is 5.69 Å². The van der Waals surface area contributed by atoms with Crippen LogP contribution in [0.5, 0.6) is 0 Å². The van der Waals surface area contributed by atoms with Crippen molar-refractivity contribution in [2.75, 3.05) is 0 Å². The second-order valence-electron chi connectivity index (χ2n) is 10.2. The van der Waals surface area contributed by atoms with Crippen LogP contribution in [0.15, 0.2) is 97.2 Å². The Morgan fingerprint density at radius 3 is 1.94 bits per heavy atom. The van der Waals surface area contributed by atoms with Crippen LogP contribution in [-0.4, -0.2) is 4.57 Å². The van der Waals surface area contributed by atoms with Gasteiger partial charge in [0.1, 0.15) is 17.6 Å². The predicted octanol–water partition coefficient (Wildman–Crippen LogP) is 8.45. The van der Waals surface area contributed by atoms with E-state index in [-0.39, 0.29) is 0 Å². The summed E-state index contributed by atoms with van der Waals surface area (Å²) >= 11 is 0. The van der Waals surface area contributed by atoms with Crippen molar-refractivity contribution in [3.8, 4) is 5.69 Å². The molecule has 2 nitrogen and oxygen atoms in total. The van der Waals surface area contributed by atoms with Crippen LogP contribution < -0.4 is 4.57 Å². The average molecular weight is 480 g/mol.